The summed E-state index contributed by atoms with van der Waals surface area (Å²) in [5.41, 5.74) is 8.62. The second kappa shape index (κ2) is 6.63. The number of nitrogens with two attached hydrogens (primary N) is 1. The van der Waals surface area contributed by atoms with E-state index in [0.29, 0.717) is 22.4 Å². The van der Waals surface area contributed by atoms with Crippen LogP contribution in [0.3, 0.4) is 0 Å². The lowest BCUT2D eigenvalue weighted by molar-refractivity contribution is -0.136. The standard InChI is InChI=1S/C18H13N3O3S/c19-8-14-13(11-2-1-3-12(22)6-11)7-15(21-18(14)20)16-4-10(9-25-16)5-17(23)24/h1-4,6-7,9,22H,5H2,(H2,20,21)(H,23,24). The lowest BCUT2D eigenvalue weighted by atomic mass is 9.99. The lowest BCUT2D eigenvalue weighted by Crippen LogP contribution is -1.99. The van der Waals surface area contributed by atoms with Crippen LogP contribution in [0.4, 0.5) is 5.82 Å². The molecule has 1 aromatic carbocycles. The molecule has 4 N–H and O–H groups in total. The molecule has 25 heavy (non-hydrogen) atoms. The number of phenols is 1. The number of aromatic hydroxyl groups is 1. The second-order valence-electron chi connectivity index (χ2n) is 5.37. The summed E-state index contributed by atoms with van der Waals surface area (Å²) in [4.78, 5) is 15.9. The molecule has 6 nitrogen and oxygen atoms in total. The summed E-state index contributed by atoms with van der Waals surface area (Å²) in [5.74, 6) is -0.734. The Hall–Kier alpha value is -3.37. The van der Waals surface area contributed by atoms with Crippen LogP contribution in [0.1, 0.15) is 11.1 Å². The van der Waals surface area contributed by atoms with Crippen molar-refractivity contribution in [3.05, 3.63) is 52.9 Å². The van der Waals surface area contributed by atoms with Gasteiger partial charge < -0.3 is 15.9 Å². The maximum absolute atomic E-state index is 10.8. The first kappa shape index (κ1) is 16.5. The Kier molecular flexibility index (Phi) is 4.37. The number of thiophene rings is 1. The van der Waals surface area contributed by atoms with Crippen molar-refractivity contribution in [1.82, 2.24) is 4.98 Å². The molecule has 3 aromatic rings. The number of rotatable bonds is 4. The van der Waals surface area contributed by atoms with Crippen molar-refractivity contribution in [3.8, 4) is 33.5 Å². The van der Waals surface area contributed by atoms with Gasteiger partial charge in [-0.3, -0.25) is 4.79 Å². The highest BCUT2D eigenvalue weighted by Crippen LogP contribution is 2.34. The number of nitrogens with zero attached hydrogens (tertiary/aromatic N) is 2. The van der Waals surface area contributed by atoms with Crippen LogP contribution >= 0.6 is 11.3 Å². The normalized spacial score (nSPS) is 10.4. The number of carbonyl (C=O) groups is 1. The number of carboxylic acids is 1. The van der Waals surface area contributed by atoms with Gasteiger partial charge in [-0.2, -0.15) is 5.26 Å². The highest BCUT2D eigenvalue weighted by molar-refractivity contribution is 7.13. The van der Waals surface area contributed by atoms with E-state index in [9.17, 15) is 15.2 Å². The number of pyridine rings is 1. The molecule has 7 heteroatoms. The number of aromatic nitrogens is 1. The largest absolute Gasteiger partial charge is 0.508 e. The van der Waals surface area contributed by atoms with Crippen molar-refractivity contribution < 1.29 is 15.0 Å². The average Bonchev–Trinajstić information content (AvgIpc) is 3.01. The Labute approximate surface area is 147 Å². The van der Waals surface area contributed by atoms with Gasteiger partial charge >= 0.3 is 5.97 Å². The van der Waals surface area contributed by atoms with E-state index < -0.39 is 5.97 Å². The fraction of sp³-hybridized carbons (Fsp3) is 0.0556. The van der Waals surface area contributed by atoms with Gasteiger partial charge in [-0.05, 0) is 40.8 Å². The minimum absolute atomic E-state index is 0.0678. The Balaban J connectivity index is 2.12. The highest BCUT2D eigenvalue weighted by Gasteiger charge is 2.15. The molecule has 0 aliphatic carbocycles. The Morgan fingerprint density at radius 2 is 2.12 bits per heavy atom. The number of anilines is 1. The van der Waals surface area contributed by atoms with Gasteiger partial charge in [0.05, 0.1) is 17.0 Å². The van der Waals surface area contributed by atoms with Gasteiger partial charge in [0.1, 0.15) is 23.2 Å². The molecule has 0 atom stereocenters. The van der Waals surface area contributed by atoms with Crippen molar-refractivity contribution in [1.29, 1.82) is 5.26 Å². The molecular formula is C18H13N3O3S. The van der Waals surface area contributed by atoms with E-state index in [1.54, 1.807) is 41.8 Å². The molecule has 0 spiro atoms. The Morgan fingerprint density at radius 3 is 2.80 bits per heavy atom. The number of hydrogen-bond acceptors (Lipinski definition) is 6. The van der Waals surface area contributed by atoms with Gasteiger partial charge in [0.2, 0.25) is 0 Å². The Morgan fingerprint density at radius 1 is 1.32 bits per heavy atom. The van der Waals surface area contributed by atoms with Crippen molar-refractivity contribution in [3.63, 3.8) is 0 Å². The van der Waals surface area contributed by atoms with E-state index in [1.807, 2.05) is 6.07 Å². The SMILES string of the molecule is N#Cc1c(-c2cccc(O)c2)cc(-c2cc(CC(=O)O)cs2)nc1N. The molecule has 3 rings (SSSR count). The molecule has 2 aromatic heterocycles. The van der Waals surface area contributed by atoms with Crippen molar-refractivity contribution in [2.75, 3.05) is 5.73 Å². The zero-order valence-corrected chi connectivity index (χ0v) is 13.7. The van der Waals surface area contributed by atoms with E-state index in [-0.39, 0.29) is 23.6 Å². The summed E-state index contributed by atoms with van der Waals surface area (Å²) in [6.07, 6.45) is -0.0678. The van der Waals surface area contributed by atoms with E-state index >= 15 is 0 Å². The monoisotopic (exact) mass is 351 g/mol. The van der Waals surface area contributed by atoms with Crippen molar-refractivity contribution in [2.24, 2.45) is 0 Å². The smallest absolute Gasteiger partial charge is 0.307 e. The Bertz CT molecular complexity index is 1010. The molecule has 124 valence electrons. The van der Waals surface area contributed by atoms with Crippen molar-refractivity contribution >= 4 is 23.1 Å². The molecular weight excluding hydrogens is 338 g/mol. The molecule has 0 radical (unpaired) electrons. The van der Waals surface area contributed by atoms with Gasteiger partial charge in [0.25, 0.3) is 0 Å². The molecule has 0 saturated carbocycles. The van der Waals surface area contributed by atoms with Crippen LogP contribution in [-0.2, 0) is 11.2 Å². The van der Waals surface area contributed by atoms with Gasteiger partial charge in [0, 0.05) is 5.56 Å². The topological polar surface area (TPSA) is 120 Å². The molecule has 0 aliphatic rings. The second-order valence-corrected chi connectivity index (χ2v) is 6.28. The summed E-state index contributed by atoms with van der Waals surface area (Å²) in [6.45, 7) is 0. The average molecular weight is 351 g/mol. The van der Waals surface area contributed by atoms with Gasteiger partial charge in [-0.25, -0.2) is 4.98 Å². The number of carboxylic acid groups (broad SMARTS) is 1. The molecule has 0 aliphatic heterocycles. The van der Waals surface area contributed by atoms with Gasteiger partial charge in [0.15, 0.2) is 0 Å². The first-order chi connectivity index (χ1) is 12.0. The van der Waals surface area contributed by atoms with E-state index in [1.165, 1.54) is 11.3 Å². The predicted molar refractivity (Wildman–Crippen MR) is 95.1 cm³/mol. The summed E-state index contributed by atoms with van der Waals surface area (Å²) < 4.78 is 0. The maximum Gasteiger partial charge on any atom is 0.307 e. The minimum atomic E-state index is -0.905. The summed E-state index contributed by atoms with van der Waals surface area (Å²) in [6, 6.07) is 12.1. The van der Waals surface area contributed by atoms with Crippen LogP contribution in [0.5, 0.6) is 5.75 Å². The third-order valence-corrected chi connectivity index (χ3v) is 4.58. The van der Waals surface area contributed by atoms with Crippen LogP contribution in [0, 0.1) is 11.3 Å². The maximum atomic E-state index is 10.8. The first-order valence-electron chi connectivity index (χ1n) is 7.27. The quantitative estimate of drug-likeness (QED) is 0.663. The third kappa shape index (κ3) is 3.44. The number of benzene rings is 1. The summed E-state index contributed by atoms with van der Waals surface area (Å²) >= 11 is 1.36. The zero-order valence-electron chi connectivity index (χ0n) is 12.9. The molecule has 0 bridgehead atoms. The number of phenolic OH excluding ortho intramolecular Hbond substituents is 1. The molecule has 0 fully saturated rings. The summed E-state index contributed by atoms with van der Waals surface area (Å²) in [5, 5.41) is 29.7. The van der Waals surface area contributed by atoms with Crippen LogP contribution < -0.4 is 5.73 Å². The number of aliphatic carboxylic acids is 1. The molecule has 0 unspecified atom stereocenters. The predicted octanol–water partition coefficient (Wildman–Crippen LogP) is 3.26. The first-order valence-corrected chi connectivity index (χ1v) is 8.15. The van der Waals surface area contributed by atoms with Gasteiger partial charge in [-0.1, -0.05) is 12.1 Å². The van der Waals surface area contributed by atoms with Crippen LogP contribution in [-0.4, -0.2) is 21.2 Å². The third-order valence-electron chi connectivity index (χ3n) is 3.58. The fourth-order valence-corrected chi connectivity index (χ4v) is 3.36. The van der Waals surface area contributed by atoms with E-state index in [2.05, 4.69) is 4.98 Å². The van der Waals surface area contributed by atoms with Gasteiger partial charge in [-0.15, -0.1) is 11.3 Å². The van der Waals surface area contributed by atoms with Crippen LogP contribution in [0.2, 0.25) is 0 Å². The van der Waals surface area contributed by atoms with Crippen LogP contribution in [0.25, 0.3) is 21.7 Å². The number of nitrogen functional groups attached to an aromatic ring is 1. The number of hydrogen-bond donors (Lipinski definition) is 3. The molecule has 2 heterocycles. The van der Waals surface area contributed by atoms with E-state index in [4.69, 9.17) is 10.8 Å². The molecule has 0 saturated heterocycles. The minimum Gasteiger partial charge on any atom is -0.508 e. The fourth-order valence-electron chi connectivity index (χ4n) is 2.49. The molecule has 0 amide bonds. The van der Waals surface area contributed by atoms with E-state index in [0.717, 1.165) is 4.88 Å². The highest BCUT2D eigenvalue weighted by atomic mass is 32.1. The van der Waals surface area contributed by atoms with Crippen LogP contribution in [0.15, 0.2) is 41.8 Å². The lowest BCUT2D eigenvalue weighted by Gasteiger charge is -2.09. The summed E-state index contributed by atoms with van der Waals surface area (Å²) in [7, 11) is 0. The number of nitriles is 1. The zero-order chi connectivity index (χ0) is 18.0. The van der Waals surface area contributed by atoms with Crippen molar-refractivity contribution in [2.45, 2.75) is 6.42 Å².